The summed E-state index contributed by atoms with van der Waals surface area (Å²) in [4.78, 5) is 10.3. The van der Waals surface area contributed by atoms with Crippen molar-refractivity contribution in [2.24, 2.45) is 0 Å². The Balaban J connectivity index is 1.40. The summed E-state index contributed by atoms with van der Waals surface area (Å²) in [6.45, 7) is 0. The Kier molecular flexibility index (Phi) is 5.32. The summed E-state index contributed by atoms with van der Waals surface area (Å²) in [5, 5.41) is 3.53. The van der Waals surface area contributed by atoms with Crippen LogP contribution in [0.3, 0.4) is 0 Å². The molecule has 0 atom stereocenters. The lowest BCUT2D eigenvalue weighted by atomic mass is 9.97. The predicted molar refractivity (Wildman–Crippen MR) is 166 cm³/mol. The van der Waals surface area contributed by atoms with Gasteiger partial charge in [0.15, 0.2) is 11.6 Å². The Morgan fingerprint density at radius 2 is 1.23 bits per heavy atom. The highest BCUT2D eigenvalue weighted by Crippen LogP contribution is 2.41. The molecule has 4 heteroatoms. The highest BCUT2D eigenvalue weighted by atomic mass is 32.1. The van der Waals surface area contributed by atoms with Crippen molar-refractivity contribution in [3.05, 3.63) is 133 Å². The first-order valence-corrected chi connectivity index (χ1v) is 14.1. The van der Waals surface area contributed by atoms with Crippen molar-refractivity contribution in [1.29, 1.82) is 0 Å². The molecule has 0 aliphatic carbocycles. The maximum absolute atomic E-state index is 6.30. The molecule has 3 aromatic heterocycles. The Hall–Kier alpha value is -5.06. The van der Waals surface area contributed by atoms with Crippen LogP contribution in [0.2, 0.25) is 0 Å². The summed E-state index contributed by atoms with van der Waals surface area (Å²) < 4.78 is 8.74. The van der Waals surface area contributed by atoms with Crippen LogP contribution in [0.5, 0.6) is 0 Å². The summed E-state index contributed by atoms with van der Waals surface area (Å²) in [5.41, 5.74) is 6.82. The van der Waals surface area contributed by atoms with Gasteiger partial charge in [0.1, 0.15) is 11.3 Å². The molecule has 40 heavy (non-hydrogen) atoms. The van der Waals surface area contributed by atoms with Gasteiger partial charge in [-0.3, -0.25) is 0 Å². The van der Waals surface area contributed by atoms with Crippen LogP contribution in [-0.4, -0.2) is 9.97 Å². The van der Waals surface area contributed by atoms with Crippen LogP contribution < -0.4 is 0 Å². The van der Waals surface area contributed by atoms with Crippen LogP contribution in [0.15, 0.2) is 138 Å². The van der Waals surface area contributed by atoms with E-state index < -0.39 is 0 Å². The number of hydrogen-bond acceptors (Lipinski definition) is 4. The van der Waals surface area contributed by atoms with Crippen LogP contribution in [0.1, 0.15) is 0 Å². The zero-order valence-corrected chi connectivity index (χ0v) is 22.2. The van der Waals surface area contributed by atoms with Gasteiger partial charge < -0.3 is 4.42 Å². The Bertz CT molecular complexity index is 2140. The van der Waals surface area contributed by atoms with Gasteiger partial charge in [-0.25, -0.2) is 9.97 Å². The summed E-state index contributed by atoms with van der Waals surface area (Å²) in [6.07, 6.45) is 0. The average Bonchev–Trinajstić information content (AvgIpc) is 3.63. The molecule has 0 radical (unpaired) electrons. The van der Waals surface area contributed by atoms with Gasteiger partial charge in [-0.15, -0.1) is 11.3 Å². The zero-order valence-electron chi connectivity index (χ0n) is 21.4. The fourth-order valence-corrected chi connectivity index (χ4v) is 6.65. The maximum atomic E-state index is 6.30. The molecule has 0 unspecified atom stereocenters. The molecule has 0 spiro atoms. The van der Waals surface area contributed by atoms with Crippen LogP contribution in [0, 0.1) is 0 Å². The first-order chi connectivity index (χ1) is 19.8. The third kappa shape index (κ3) is 3.81. The minimum absolute atomic E-state index is 0.688. The first-order valence-electron chi connectivity index (χ1n) is 13.3. The lowest BCUT2D eigenvalue weighted by molar-refractivity contribution is 0.628. The third-order valence-electron chi connectivity index (χ3n) is 7.34. The molecule has 0 bridgehead atoms. The van der Waals surface area contributed by atoms with E-state index in [1.165, 1.54) is 20.2 Å². The van der Waals surface area contributed by atoms with Crippen molar-refractivity contribution in [2.45, 2.75) is 0 Å². The van der Waals surface area contributed by atoms with E-state index in [2.05, 4.69) is 103 Å². The van der Waals surface area contributed by atoms with Gasteiger partial charge in [0, 0.05) is 36.7 Å². The molecule has 3 heterocycles. The van der Waals surface area contributed by atoms with E-state index in [9.17, 15) is 0 Å². The van der Waals surface area contributed by atoms with Crippen LogP contribution in [0.4, 0.5) is 0 Å². The van der Waals surface area contributed by atoms with Gasteiger partial charge in [0.2, 0.25) is 0 Å². The van der Waals surface area contributed by atoms with Crippen molar-refractivity contribution >= 4 is 42.5 Å². The third-order valence-corrected chi connectivity index (χ3v) is 8.56. The van der Waals surface area contributed by atoms with Gasteiger partial charge in [-0.05, 0) is 41.5 Å². The van der Waals surface area contributed by atoms with Crippen molar-refractivity contribution in [3.8, 4) is 45.2 Å². The van der Waals surface area contributed by atoms with Crippen LogP contribution in [-0.2, 0) is 0 Å². The molecule has 0 aliphatic heterocycles. The van der Waals surface area contributed by atoms with E-state index in [0.717, 1.165) is 50.4 Å². The molecule has 0 saturated carbocycles. The summed E-state index contributed by atoms with van der Waals surface area (Å²) >= 11 is 1.79. The standard InChI is InChI=1S/C36H22N2OS/c1-2-11-23(12-3-1)25-14-5-6-15-26(25)30-22-31(33-21-24-13-4-8-19-32(24)39-33)38-36(37-30)29-18-10-17-28-27-16-7-9-20-34(27)40-35(28)29/h1-22H. The second kappa shape index (κ2) is 9.30. The minimum Gasteiger partial charge on any atom is -0.454 e. The minimum atomic E-state index is 0.688. The largest absolute Gasteiger partial charge is 0.454 e. The predicted octanol–water partition coefficient (Wildman–Crippen LogP) is 10.3. The van der Waals surface area contributed by atoms with E-state index in [0.29, 0.717) is 5.82 Å². The number of para-hydroxylation sites is 1. The molecule has 0 aliphatic rings. The molecule has 0 saturated heterocycles. The van der Waals surface area contributed by atoms with Gasteiger partial charge in [0.25, 0.3) is 0 Å². The van der Waals surface area contributed by atoms with Gasteiger partial charge >= 0.3 is 0 Å². The molecule has 188 valence electrons. The Morgan fingerprint density at radius 1 is 0.525 bits per heavy atom. The highest BCUT2D eigenvalue weighted by Gasteiger charge is 2.18. The van der Waals surface area contributed by atoms with E-state index in [4.69, 9.17) is 14.4 Å². The molecule has 8 aromatic rings. The van der Waals surface area contributed by atoms with Crippen molar-refractivity contribution in [1.82, 2.24) is 9.97 Å². The first kappa shape index (κ1) is 22.9. The molecule has 5 aromatic carbocycles. The number of nitrogens with zero attached hydrogens (tertiary/aromatic N) is 2. The highest BCUT2D eigenvalue weighted by molar-refractivity contribution is 7.26. The molecule has 3 nitrogen and oxygen atoms in total. The topological polar surface area (TPSA) is 38.9 Å². The molecular weight excluding hydrogens is 508 g/mol. The normalized spacial score (nSPS) is 11.5. The SMILES string of the molecule is c1ccc(-c2ccccc2-c2cc(-c3cc4ccccc4o3)nc(-c3cccc4c3sc3ccccc34)n2)cc1. The van der Waals surface area contributed by atoms with Crippen LogP contribution >= 0.6 is 11.3 Å². The summed E-state index contributed by atoms with van der Waals surface area (Å²) in [7, 11) is 0. The maximum Gasteiger partial charge on any atom is 0.161 e. The molecule has 0 amide bonds. The Morgan fingerprint density at radius 3 is 2.12 bits per heavy atom. The molecule has 8 rings (SSSR count). The summed E-state index contributed by atoms with van der Waals surface area (Å²) in [6, 6.07) is 46.0. The number of furan rings is 1. The molecule has 0 N–H and O–H groups in total. The lowest BCUT2D eigenvalue weighted by Gasteiger charge is -2.12. The van der Waals surface area contributed by atoms with E-state index >= 15 is 0 Å². The zero-order chi connectivity index (χ0) is 26.5. The Labute approximate surface area is 235 Å². The van der Waals surface area contributed by atoms with Gasteiger partial charge in [-0.2, -0.15) is 0 Å². The number of thiophene rings is 1. The van der Waals surface area contributed by atoms with E-state index in [-0.39, 0.29) is 0 Å². The fraction of sp³-hybridized carbons (Fsp3) is 0. The van der Waals surface area contributed by atoms with Gasteiger partial charge in [-0.1, -0.05) is 103 Å². The lowest BCUT2D eigenvalue weighted by Crippen LogP contribution is -1.96. The molecule has 0 fully saturated rings. The monoisotopic (exact) mass is 530 g/mol. The van der Waals surface area contributed by atoms with Gasteiger partial charge in [0.05, 0.1) is 5.69 Å². The number of fused-ring (bicyclic) bond motifs is 4. The van der Waals surface area contributed by atoms with Crippen molar-refractivity contribution in [3.63, 3.8) is 0 Å². The molecular formula is C36H22N2OS. The van der Waals surface area contributed by atoms with Crippen LogP contribution in [0.25, 0.3) is 76.4 Å². The average molecular weight is 531 g/mol. The van der Waals surface area contributed by atoms with E-state index in [1.807, 2.05) is 30.3 Å². The second-order valence-corrected chi connectivity index (χ2v) is 10.9. The smallest absolute Gasteiger partial charge is 0.161 e. The number of rotatable bonds is 4. The number of hydrogen-bond donors (Lipinski definition) is 0. The summed E-state index contributed by atoms with van der Waals surface area (Å²) in [5.74, 6) is 1.42. The van der Waals surface area contributed by atoms with Crippen molar-refractivity contribution < 1.29 is 4.42 Å². The second-order valence-electron chi connectivity index (χ2n) is 9.80. The van der Waals surface area contributed by atoms with Crippen molar-refractivity contribution in [2.75, 3.05) is 0 Å². The quantitative estimate of drug-likeness (QED) is 0.227. The van der Waals surface area contributed by atoms with E-state index in [1.54, 1.807) is 11.3 Å². The number of aromatic nitrogens is 2. The fourth-order valence-electron chi connectivity index (χ4n) is 5.44. The number of benzene rings is 5.